The fraction of sp³-hybridized carbons (Fsp3) is 0.571. The van der Waals surface area contributed by atoms with Gasteiger partial charge in [0.05, 0.1) is 6.61 Å². The van der Waals surface area contributed by atoms with Crippen LogP contribution in [0.2, 0.25) is 0 Å². The molecule has 112 valence electrons. The number of aromatic nitrogens is 1. The van der Waals surface area contributed by atoms with Crippen LogP contribution in [-0.4, -0.2) is 41.3 Å². The van der Waals surface area contributed by atoms with E-state index in [9.17, 15) is 9.59 Å². The van der Waals surface area contributed by atoms with Crippen LogP contribution in [-0.2, 0) is 16.1 Å². The third-order valence-corrected chi connectivity index (χ3v) is 2.77. The van der Waals surface area contributed by atoms with E-state index in [1.807, 2.05) is 0 Å². The summed E-state index contributed by atoms with van der Waals surface area (Å²) in [5.74, 6) is -0.663. The van der Waals surface area contributed by atoms with Crippen molar-refractivity contribution in [3.63, 3.8) is 0 Å². The normalized spacial score (nSPS) is 10.8. The number of carboxylic acids is 1. The number of carbonyl (C=O) groups excluding carboxylic acids is 1. The lowest BCUT2D eigenvalue weighted by Crippen LogP contribution is -2.31. The van der Waals surface area contributed by atoms with Gasteiger partial charge in [-0.1, -0.05) is 13.8 Å². The molecule has 0 aliphatic heterocycles. The average Bonchev–Trinajstić information content (AvgIpc) is 2.81. The topological polar surface area (TPSA) is 80.6 Å². The van der Waals surface area contributed by atoms with Gasteiger partial charge < -0.3 is 19.7 Å². The van der Waals surface area contributed by atoms with Crippen molar-refractivity contribution in [1.82, 2.24) is 9.88 Å². The number of ether oxygens (including phenoxy) is 1. The van der Waals surface area contributed by atoms with Crippen LogP contribution < -0.4 is 5.32 Å². The van der Waals surface area contributed by atoms with Gasteiger partial charge in [0.25, 0.3) is 0 Å². The Labute approximate surface area is 118 Å². The van der Waals surface area contributed by atoms with Crippen LogP contribution in [0, 0.1) is 5.92 Å². The van der Waals surface area contributed by atoms with Crippen molar-refractivity contribution in [2.24, 2.45) is 5.92 Å². The Kier molecular flexibility index (Phi) is 6.79. The second kappa shape index (κ2) is 8.37. The number of rotatable bonds is 9. The number of nitrogens with one attached hydrogen (secondary N) is 1. The highest BCUT2D eigenvalue weighted by molar-refractivity contribution is 5.86. The molecule has 0 radical (unpaired) electrons. The van der Waals surface area contributed by atoms with Crippen LogP contribution in [0.1, 0.15) is 30.8 Å². The first-order valence-corrected chi connectivity index (χ1v) is 6.73. The number of carbonyl (C=O) groups is 2. The molecule has 1 heterocycles. The Bertz CT molecular complexity index is 440. The maximum atomic E-state index is 11.6. The molecule has 0 saturated carbocycles. The number of nitrogens with zero attached hydrogens (tertiary/aromatic N) is 1. The van der Waals surface area contributed by atoms with Crippen LogP contribution in [0.5, 0.6) is 0 Å². The number of hydrogen-bond acceptors (Lipinski definition) is 3. The minimum atomic E-state index is -1.04. The van der Waals surface area contributed by atoms with Crippen LogP contribution in [0.15, 0.2) is 18.3 Å². The van der Waals surface area contributed by atoms with E-state index < -0.39 is 5.97 Å². The predicted molar refractivity (Wildman–Crippen MR) is 74.7 cm³/mol. The van der Waals surface area contributed by atoms with Crippen LogP contribution in [0.4, 0.5) is 0 Å². The third-order valence-electron chi connectivity index (χ3n) is 2.77. The van der Waals surface area contributed by atoms with Crippen molar-refractivity contribution in [3.05, 3.63) is 24.0 Å². The highest BCUT2D eigenvalue weighted by Gasteiger charge is 2.11. The van der Waals surface area contributed by atoms with E-state index in [-0.39, 0.29) is 18.1 Å². The first-order valence-electron chi connectivity index (χ1n) is 6.73. The zero-order valence-electron chi connectivity index (χ0n) is 12.0. The summed E-state index contributed by atoms with van der Waals surface area (Å²) in [5.41, 5.74) is 0.105. The van der Waals surface area contributed by atoms with E-state index in [1.165, 1.54) is 10.6 Å². The molecule has 0 saturated heterocycles. The molecule has 6 heteroatoms. The zero-order valence-corrected chi connectivity index (χ0v) is 12.0. The van der Waals surface area contributed by atoms with Gasteiger partial charge in [-0.05, 0) is 24.5 Å². The maximum Gasteiger partial charge on any atom is 0.352 e. The van der Waals surface area contributed by atoms with E-state index >= 15 is 0 Å². The maximum absolute atomic E-state index is 11.6. The van der Waals surface area contributed by atoms with Gasteiger partial charge in [0.1, 0.15) is 12.2 Å². The molecular formula is C14H22N2O4. The van der Waals surface area contributed by atoms with Gasteiger partial charge in [-0.15, -0.1) is 0 Å². The Morgan fingerprint density at radius 2 is 2.15 bits per heavy atom. The Hall–Kier alpha value is -1.82. The van der Waals surface area contributed by atoms with Gasteiger partial charge in [0.15, 0.2) is 0 Å². The van der Waals surface area contributed by atoms with Crippen LogP contribution in [0.25, 0.3) is 0 Å². The van der Waals surface area contributed by atoms with Gasteiger partial charge in [-0.2, -0.15) is 0 Å². The van der Waals surface area contributed by atoms with E-state index in [0.29, 0.717) is 25.7 Å². The summed E-state index contributed by atoms with van der Waals surface area (Å²) in [4.78, 5) is 22.5. The summed E-state index contributed by atoms with van der Waals surface area (Å²) >= 11 is 0. The number of amides is 1. The van der Waals surface area contributed by atoms with E-state index in [4.69, 9.17) is 9.84 Å². The lowest BCUT2D eigenvalue weighted by Gasteiger charge is -2.09. The molecule has 0 aliphatic rings. The Balaban J connectivity index is 2.20. The number of carboxylic acid groups (broad SMARTS) is 1. The first kappa shape index (κ1) is 16.2. The van der Waals surface area contributed by atoms with Crippen LogP contribution >= 0.6 is 0 Å². The SMILES string of the molecule is CC(C)CCOCCNC(=O)Cn1cccc1C(=O)O. The fourth-order valence-corrected chi connectivity index (χ4v) is 1.64. The highest BCUT2D eigenvalue weighted by Crippen LogP contribution is 2.02. The lowest BCUT2D eigenvalue weighted by molar-refractivity contribution is -0.121. The number of hydrogen-bond donors (Lipinski definition) is 2. The van der Waals surface area contributed by atoms with Gasteiger partial charge in [0, 0.05) is 19.3 Å². The minimum Gasteiger partial charge on any atom is -0.477 e. The monoisotopic (exact) mass is 282 g/mol. The Morgan fingerprint density at radius 1 is 1.40 bits per heavy atom. The number of aromatic carboxylic acids is 1. The highest BCUT2D eigenvalue weighted by atomic mass is 16.5. The Morgan fingerprint density at radius 3 is 2.80 bits per heavy atom. The van der Waals surface area contributed by atoms with Crippen molar-refractivity contribution in [2.45, 2.75) is 26.8 Å². The molecule has 0 unspecified atom stereocenters. The van der Waals surface area contributed by atoms with Gasteiger partial charge in [-0.3, -0.25) is 4.79 Å². The summed E-state index contributed by atoms with van der Waals surface area (Å²) in [6, 6.07) is 3.07. The second-order valence-corrected chi connectivity index (χ2v) is 4.97. The molecule has 1 aromatic heterocycles. The molecule has 0 aromatic carbocycles. The van der Waals surface area contributed by atoms with Gasteiger partial charge in [0.2, 0.25) is 5.91 Å². The summed E-state index contributed by atoms with van der Waals surface area (Å²) in [5, 5.41) is 11.6. The van der Waals surface area contributed by atoms with E-state index in [1.54, 1.807) is 12.3 Å². The minimum absolute atomic E-state index is 0.000622. The fourth-order valence-electron chi connectivity index (χ4n) is 1.64. The van der Waals surface area contributed by atoms with Crippen molar-refractivity contribution in [1.29, 1.82) is 0 Å². The third kappa shape index (κ3) is 5.88. The molecule has 2 N–H and O–H groups in total. The largest absolute Gasteiger partial charge is 0.477 e. The van der Waals surface area contributed by atoms with Crippen molar-refractivity contribution in [3.8, 4) is 0 Å². The quantitative estimate of drug-likeness (QED) is 0.670. The van der Waals surface area contributed by atoms with Crippen molar-refractivity contribution >= 4 is 11.9 Å². The second-order valence-electron chi connectivity index (χ2n) is 4.97. The summed E-state index contributed by atoms with van der Waals surface area (Å²) in [7, 11) is 0. The molecule has 0 spiro atoms. The van der Waals surface area contributed by atoms with Crippen molar-refractivity contribution < 1.29 is 19.4 Å². The van der Waals surface area contributed by atoms with Gasteiger partial charge in [-0.25, -0.2) is 4.79 Å². The standard InChI is InChI=1S/C14H22N2O4/c1-11(2)5-8-20-9-6-15-13(17)10-16-7-3-4-12(16)14(18)19/h3-4,7,11H,5-6,8-10H2,1-2H3,(H,15,17)(H,18,19). The smallest absolute Gasteiger partial charge is 0.352 e. The average molecular weight is 282 g/mol. The summed E-state index contributed by atoms with van der Waals surface area (Å²) < 4.78 is 6.78. The molecule has 20 heavy (non-hydrogen) atoms. The summed E-state index contributed by atoms with van der Waals surface area (Å²) in [6.07, 6.45) is 2.57. The lowest BCUT2D eigenvalue weighted by atomic mass is 10.1. The van der Waals surface area contributed by atoms with Crippen LogP contribution in [0.3, 0.4) is 0 Å². The predicted octanol–water partition coefficient (Wildman–Crippen LogP) is 1.37. The molecular weight excluding hydrogens is 260 g/mol. The van der Waals surface area contributed by atoms with E-state index in [0.717, 1.165) is 6.42 Å². The summed E-state index contributed by atoms with van der Waals surface area (Å²) in [6.45, 7) is 5.84. The molecule has 0 atom stereocenters. The molecule has 1 aromatic rings. The van der Waals surface area contributed by atoms with Gasteiger partial charge >= 0.3 is 5.97 Å². The van der Waals surface area contributed by atoms with Crippen molar-refractivity contribution in [2.75, 3.05) is 19.8 Å². The zero-order chi connectivity index (χ0) is 15.0. The first-order chi connectivity index (χ1) is 9.50. The molecule has 0 aliphatic carbocycles. The molecule has 0 bridgehead atoms. The molecule has 1 amide bonds. The molecule has 6 nitrogen and oxygen atoms in total. The molecule has 1 rings (SSSR count). The van der Waals surface area contributed by atoms with E-state index in [2.05, 4.69) is 19.2 Å². The molecule has 0 fully saturated rings.